The topological polar surface area (TPSA) is 52.6 Å². The van der Waals surface area contributed by atoms with E-state index in [4.69, 9.17) is 9.47 Å². The Morgan fingerprint density at radius 2 is 1.53 bits per heavy atom. The number of rotatable bonds is 7. The van der Waals surface area contributed by atoms with E-state index in [1.165, 1.54) is 0 Å². The second kappa shape index (κ2) is 8.26. The van der Waals surface area contributed by atoms with E-state index in [1.807, 2.05) is 13.8 Å². The maximum Gasteiger partial charge on any atom is 0.306 e. The van der Waals surface area contributed by atoms with Gasteiger partial charge in [-0.2, -0.15) is 0 Å². The zero-order valence-corrected chi connectivity index (χ0v) is 9.75. The summed E-state index contributed by atoms with van der Waals surface area (Å²) < 4.78 is 9.83. The number of carbonyl (C=O) groups is 2. The van der Waals surface area contributed by atoms with Gasteiger partial charge < -0.3 is 9.47 Å². The highest BCUT2D eigenvalue weighted by Crippen LogP contribution is 2.05. The van der Waals surface area contributed by atoms with Crippen LogP contribution in [0.25, 0.3) is 0 Å². The van der Waals surface area contributed by atoms with Crippen LogP contribution in [0, 0.1) is 0 Å². The second-order valence-electron chi connectivity index (χ2n) is 3.23. The maximum atomic E-state index is 11.2. The van der Waals surface area contributed by atoms with Crippen molar-refractivity contribution in [3.8, 4) is 0 Å². The van der Waals surface area contributed by atoms with Crippen LogP contribution in [0.4, 0.5) is 0 Å². The van der Waals surface area contributed by atoms with Crippen molar-refractivity contribution in [2.24, 2.45) is 0 Å². The number of hydrogen-bond acceptors (Lipinski definition) is 4. The molecule has 0 unspecified atom stereocenters. The SMILES string of the molecule is CCOC(=O)CCC(=O)OC(CC)CC. The van der Waals surface area contributed by atoms with Gasteiger partial charge in [0, 0.05) is 0 Å². The van der Waals surface area contributed by atoms with E-state index in [2.05, 4.69) is 0 Å². The molecule has 0 fully saturated rings. The average molecular weight is 216 g/mol. The van der Waals surface area contributed by atoms with Gasteiger partial charge >= 0.3 is 11.9 Å². The Hall–Kier alpha value is -1.06. The zero-order chi connectivity index (χ0) is 11.7. The summed E-state index contributed by atoms with van der Waals surface area (Å²) in [6, 6.07) is 0. The minimum absolute atomic E-state index is 0.0281. The van der Waals surface area contributed by atoms with Crippen molar-refractivity contribution in [2.75, 3.05) is 6.61 Å². The third kappa shape index (κ3) is 6.94. The predicted octanol–water partition coefficient (Wildman–Crippen LogP) is 2.06. The minimum atomic E-state index is -0.348. The van der Waals surface area contributed by atoms with E-state index in [9.17, 15) is 9.59 Å². The molecule has 0 heterocycles. The van der Waals surface area contributed by atoms with Gasteiger partial charge in [0.05, 0.1) is 19.4 Å². The average Bonchev–Trinajstić information content (AvgIpc) is 2.23. The largest absolute Gasteiger partial charge is 0.466 e. The summed E-state index contributed by atoms with van der Waals surface area (Å²) in [5.41, 5.74) is 0. The van der Waals surface area contributed by atoms with E-state index >= 15 is 0 Å². The van der Waals surface area contributed by atoms with Gasteiger partial charge in [-0.15, -0.1) is 0 Å². The number of esters is 2. The Labute approximate surface area is 90.9 Å². The summed E-state index contributed by atoms with van der Waals surface area (Å²) in [6.07, 6.45) is 1.80. The van der Waals surface area contributed by atoms with Gasteiger partial charge in [-0.25, -0.2) is 0 Å². The van der Waals surface area contributed by atoms with Crippen molar-refractivity contribution in [1.82, 2.24) is 0 Å². The van der Waals surface area contributed by atoms with Crippen molar-refractivity contribution >= 4 is 11.9 Å². The molecule has 15 heavy (non-hydrogen) atoms. The van der Waals surface area contributed by atoms with Gasteiger partial charge in [0.1, 0.15) is 6.10 Å². The van der Waals surface area contributed by atoms with Gasteiger partial charge in [0.2, 0.25) is 0 Å². The van der Waals surface area contributed by atoms with Crippen molar-refractivity contribution < 1.29 is 19.1 Å². The monoisotopic (exact) mass is 216 g/mol. The molecular formula is C11H20O4. The quantitative estimate of drug-likeness (QED) is 0.611. The fourth-order valence-corrected chi connectivity index (χ4v) is 1.14. The molecule has 0 bridgehead atoms. The van der Waals surface area contributed by atoms with E-state index < -0.39 is 0 Å². The molecule has 0 aliphatic rings. The lowest BCUT2D eigenvalue weighted by Gasteiger charge is -2.13. The molecule has 0 atom stereocenters. The van der Waals surface area contributed by atoms with Gasteiger partial charge in [-0.3, -0.25) is 9.59 Å². The molecule has 4 heteroatoms. The third-order valence-corrected chi connectivity index (χ3v) is 2.05. The summed E-state index contributed by atoms with van der Waals surface area (Å²) in [4.78, 5) is 22.2. The molecule has 0 amide bonds. The van der Waals surface area contributed by atoms with E-state index in [0.29, 0.717) is 6.61 Å². The van der Waals surface area contributed by atoms with Crippen molar-refractivity contribution in [1.29, 1.82) is 0 Å². The Kier molecular flexibility index (Phi) is 7.68. The maximum absolute atomic E-state index is 11.2. The molecule has 0 spiro atoms. The van der Waals surface area contributed by atoms with E-state index in [0.717, 1.165) is 12.8 Å². The van der Waals surface area contributed by atoms with Crippen LogP contribution in [0.3, 0.4) is 0 Å². The summed E-state index contributed by atoms with van der Waals surface area (Å²) in [7, 11) is 0. The van der Waals surface area contributed by atoms with Crippen molar-refractivity contribution in [2.45, 2.75) is 52.6 Å². The number of ether oxygens (including phenoxy) is 2. The van der Waals surface area contributed by atoms with Gasteiger partial charge in [-0.05, 0) is 19.8 Å². The van der Waals surface area contributed by atoms with Crippen LogP contribution in [0.15, 0.2) is 0 Å². The Bertz CT molecular complexity index is 197. The first-order valence-electron chi connectivity index (χ1n) is 5.49. The van der Waals surface area contributed by atoms with Crippen LogP contribution in [0.2, 0.25) is 0 Å². The molecule has 0 aromatic heterocycles. The fraction of sp³-hybridized carbons (Fsp3) is 0.818. The van der Waals surface area contributed by atoms with Crippen LogP contribution in [0.1, 0.15) is 46.5 Å². The molecule has 0 aromatic carbocycles. The highest BCUT2D eigenvalue weighted by Gasteiger charge is 2.12. The molecule has 0 aliphatic heterocycles. The zero-order valence-electron chi connectivity index (χ0n) is 9.75. The van der Waals surface area contributed by atoms with Crippen molar-refractivity contribution in [3.05, 3.63) is 0 Å². The molecule has 0 saturated heterocycles. The molecular weight excluding hydrogens is 196 g/mol. The van der Waals surface area contributed by atoms with Crippen molar-refractivity contribution in [3.63, 3.8) is 0 Å². The molecule has 88 valence electrons. The molecule has 0 saturated carbocycles. The van der Waals surface area contributed by atoms with Crippen LogP contribution >= 0.6 is 0 Å². The van der Waals surface area contributed by atoms with E-state index in [1.54, 1.807) is 6.92 Å². The van der Waals surface area contributed by atoms with Gasteiger partial charge in [-0.1, -0.05) is 13.8 Å². The van der Waals surface area contributed by atoms with Gasteiger partial charge in [0.25, 0.3) is 0 Å². The lowest BCUT2D eigenvalue weighted by atomic mass is 10.2. The predicted molar refractivity (Wildman–Crippen MR) is 56.3 cm³/mol. The smallest absolute Gasteiger partial charge is 0.306 e. The lowest BCUT2D eigenvalue weighted by molar-refractivity contribution is -0.153. The molecule has 0 aromatic rings. The highest BCUT2D eigenvalue weighted by molar-refractivity contribution is 5.77. The first-order valence-corrected chi connectivity index (χ1v) is 5.49. The molecule has 0 N–H and O–H groups in total. The third-order valence-electron chi connectivity index (χ3n) is 2.05. The second-order valence-corrected chi connectivity index (χ2v) is 3.23. The van der Waals surface area contributed by atoms with Crippen LogP contribution in [0.5, 0.6) is 0 Å². The van der Waals surface area contributed by atoms with Gasteiger partial charge in [0.15, 0.2) is 0 Å². The van der Waals surface area contributed by atoms with Crippen LogP contribution in [-0.4, -0.2) is 24.6 Å². The molecule has 0 rings (SSSR count). The Morgan fingerprint density at radius 3 is 2.00 bits per heavy atom. The summed E-state index contributed by atoms with van der Waals surface area (Å²) in [5.74, 6) is -0.671. The standard InChI is InChI=1S/C11H20O4/c1-4-9(5-2)15-11(13)8-7-10(12)14-6-3/h9H,4-8H2,1-3H3. The van der Waals surface area contributed by atoms with E-state index in [-0.39, 0.29) is 30.9 Å². The minimum Gasteiger partial charge on any atom is -0.466 e. The first kappa shape index (κ1) is 13.9. The summed E-state index contributed by atoms with van der Waals surface area (Å²) in [6.45, 7) is 6.01. The molecule has 0 aliphatic carbocycles. The normalized spacial score (nSPS) is 10.1. The summed E-state index contributed by atoms with van der Waals surface area (Å²) in [5, 5.41) is 0. The first-order chi connectivity index (χ1) is 7.13. The molecule has 0 radical (unpaired) electrons. The fourth-order valence-electron chi connectivity index (χ4n) is 1.14. The highest BCUT2D eigenvalue weighted by atomic mass is 16.5. The molecule has 4 nitrogen and oxygen atoms in total. The number of hydrogen-bond donors (Lipinski definition) is 0. The summed E-state index contributed by atoms with van der Waals surface area (Å²) >= 11 is 0. The van der Waals surface area contributed by atoms with Crippen LogP contribution in [-0.2, 0) is 19.1 Å². The Morgan fingerprint density at radius 1 is 1.00 bits per heavy atom. The Balaban J connectivity index is 3.69. The lowest BCUT2D eigenvalue weighted by Crippen LogP contribution is -2.17. The van der Waals surface area contributed by atoms with Crippen LogP contribution < -0.4 is 0 Å². The number of carbonyl (C=O) groups excluding carboxylic acids is 2.